The molecule has 1 saturated heterocycles. The molecule has 0 saturated carbocycles. The molecule has 6 nitrogen and oxygen atoms in total. The molecule has 0 bridgehead atoms. The van der Waals surface area contributed by atoms with Gasteiger partial charge in [-0.3, -0.25) is 0 Å². The minimum atomic E-state index is -1.33. The number of aliphatic hydroxyl groups is 3. The van der Waals surface area contributed by atoms with Crippen molar-refractivity contribution in [1.82, 2.24) is 0 Å². The standard InChI is InChI=1S/C5H9NO5/c7-1-2-3(8)4(9)5(6-10)11-2/h2-5,7-9H,1H2/t2-,3-,4-,5?/m1/s1. The van der Waals surface area contributed by atoms with Crippen molar-refractivity contribution >= 4 is 0 Å². The fraction of sp³-hybridized carbons (Fsp3) is 1.00. The molecule has 0 aromatic carbocycles. The number of nitrogens with zero attached hydrogens (tertiary/aromatic N) is 1. The van der Waals surface area contributed by atoms with Gasteiger partial charge in [-0.15, -0.1) is 4.91 Å². The minimum absolute atomic E-state index is 0.440. The van der Waals surface area contributed by atoms with Crippen LogP contribution < -0.4 is 0 Å². The Bertz CT molecular complexity index is 152. The maximum absolute atomic E-state index is 9.90. The summed E-state index contributed by atoms with van der Waals surface area (Å²) in [5.41, 5.74) is 0. The highest BCUT2D eigenvalue weighted by molar-refractivity contribution is 4.88. The average Bonchev–Trinajstić information content (AvgIpc) is 2.30. The third-order valence-corrected chi connectivity index (χ3v) is 1.62. The van der Waals surface area contributed by atoms with Crippen LogP contribution in [0.25, 0.3) is 0 Å². The first-order valence-electron chi connectivity index (χ1n) is 3.15. The van der Waals surface area contributed by atoms with Gasteiger partial charge in [-0.2, -0.15) is 0 Å². The van der Waals surface area contributed by atoms with E-state index in [4.69, 9.17) is 15.3 Å². The summed E-state index contributed by atoms with van der Waals surface area (Å²) in [5.74, 6) is 0. The van der Waals surface area contributed by atoms with E-state index in [0.29, 0.717) is 0 Å². The van der Waals surface area contributed by atoms with Gasteiger partial charge in [0.1, 0.15) is 18.3 Å². The molecule has 0 aliphatic carbocycles. The van der Waals surface area contributed by atoms with Crippen LogP contribution in [0.2, 0.25) is 0 Å². The van der Waals surface area contributed by atoms with Crippen LogP contribution in [0.15, 0.2) is 5.18 Å². The Morgan fingerprint density at radius 3 is 2.27 bits per heavy atom. The number of hydrogen-bond donors (Lipinski definition) is 3. The van der Waals surface area contributed by atoms with E-state index in [0.717, 1.165) is 0 Å². The lowest BCUT2D eigenvalue weighted by Crippen LogP contribution is -2.33. The van der Waals surface area contributed by atoms with Crippen molar-refractivity contribution in [2.45, 2.75) is 24.5 Å². The largest absolute Gasteiger partial charge is 0.394 e. The summed E-state index contributed by atoms with van der Waals surface area (Å²) in [6.45, 7) is -0.440. The van der Waals surface area contributed by atoms with Crippen molar-refractivity contribution in [3.63, 3.8) is 0 Å². The van der Waals surface area contributed by atoms with Crippen LogP contribution in [-0.2, 0) is 4.74 Å². The number of rotatable bonds is 2. The molecule has 1 fully saturated rings. The van der Waals surface area contributed by atoms with Gasteiger partial charge in [-0.05, 0) is 5.18 Å². The first kappa shape index (κ1) is 8.54. The summed E-state index contributed by atoms with van der Waals surface area (Å²) >= 11 is 0. The molecule has 4 atom stereocenters. The Hall–Kier alpha value is -0.560. The summed E-state index contributed by atoms with van der Waals surface area (Å²) in [5, 5.41) is 29.0. The smallest absolute Gasteiger partial charge is 0.218 e. The van der Waals surface area contributed by atoms with Crippen LogP contribution in [0, 0.1) is 4.91 Å². The van der Waals surface area contributed by atoms with Gasteiger partial charge in [0.2, 0.25) is 6.23 Å². The lowest BCUT2D eigenvalue weighted by Gasteiger charge is -2.09. The maximum Gasteiger partial charge on any atom is 0.218 e. The van der Waals surface area contributed by atoms with Gasteiger partial charge in [0.25, 0.3) is 0 Å². The molecule has 1 heterocycles. The number of nitroso groups, excluding NO2 is 1. The van der Waals surface area contributed by atoms with E-state index in [1.54, 1.807) is 0 Å². The molecule has 1 aliphatic rings. The number of ether oxygens (including phenoxy) is 1. The fourth-order valence-electron chi connectivity index (χ4n) is 0.967. The molecule has 1 rings (SSSR count). The summed E-state index contributed by atoms with van der Waals surface area (Å²) in [4.78, 5) is 9.90. The molecule has 0 aromatic rings. The van der Waals surface area contributed by atoms with E-state index in [9.17, 15) is 4.91 Å². The van der Waals surface area contributed by atoms with E-state index >= 15 is 0 Å². The second-order valence-electron chi connectivity index (χ2n) is 2.33. The Kier molecular flexibility index (Phi) is 2.50. The van der Waals surface area contributed by atoms with E-state index < -0.39 is 31.1 Å². The van der Waals surface area contributed by atoms with E-state index in [2.05, 4.69) is 9.91 Å². The lowest BCUT2D eigenvalue weighted by molar-refractivity contribution is -0.0197. The van der Waals surface area contributed by atoms with Gasteiger partial charge in [-0.25, -0.2) is 0 Å². The molecule has 6 heteroatoms. The van der Waals surface area contributed by atoms with Crippen LogP contribution >= 0.6 is 0 Å². The SMILES string of the molecule is O=NC1O[C@H](CO)[C@@H](O)[C@H]1O. The summed E-state index contributed by atoms with van der Waals surface area (Å²) < 4.78 is 4.66. The first-order chi connectivity index (χ1) is 5.20. The average molecular weight is 163 g/mol. The zero-order valence-corrected chi connectivity index (χ0v) is 5.62. The summed E-state index contributed by atoms with van der Waals surface area (Å²) in [6.07, 6.45) is -4.73. The van der Waals surface area contributed by atoms with Crippen LogP contribution in [0.3, 0.4) is 0 Å². The van der Waals surface area contributed by atoms with Crippen LogP contribution in [-0.4, -0.2) is 46.5 Å². The normalized spacial score (nSPS) is 44.3. The Balaban J connectivity index is 2.60. The predicted molar refractivity (Wildman–Crippen MR) is 33.6 cm³/mol. The number of aliphatic hydroxyl groups excluding tert-OH is 3. The third-order valence-electron chi connectivity index (χ3n) is 1.62. The second kappa shape index (κ2) is 3.22. The Labute approximate surface area is 62.4 Å². The molecule has 0 radical (unpaired) electrons. The van der Waals surface area contributed by atoms with Gasteiger partial charge in [0, 0.05) is 0 Å². The minimum Gasteiger partial charge on any atom is -0.394 e. The van der Waals surface area contributed by atoms with Crippen molar-refractivity contribution in [3.05, 3.63) is 4.91 Å². The molecule has 0 spiro atoms. The molecule has 11 heavy (non-hydrogen) atoms. The predicted octanol–water partition coefficient (Wildman–Crippen LogP) is -1.81. The third kappa shape index (κ3) is 1.38. The van der Waals surface area contributed by atoms with Crippen LogP contribution in [0.1, 0.15) is 0 Å². The molecule has 0 amide bonds. The van der Waals surface area contributed by atoms with Crippen molar-refractivity contribution < 1.29 is 20.1 Å². The second-order valence-corrected chi connectivity index (χ2v) is 2.33. The summed E-state index contributed by atoms with van der Waals surface area (Å²) in [6, 6.07) is 0. The molecular formula is C5H9NO5. The lowest BCUT2D eigenvalue weighted by atomic mass is 10.1. The fourth-order valence-corrected chi connectivity index (χ4v) is 0.967. The molecule has 1 unspecified atom stereocenters. The van der Waals surface area contributed by atoms with Gasteiger partial charge < -0.3 is 20.1 Å². The molecule has 0 aromatic heterocycles. The van der Waals surface area contributed by atoms with E-state index in [1.807, 2.05) is 0 Å². The van der Waals surface area contributed by atoms with Gasteiger partial charge in [0.15, 0.2) is 0 Å². The highest BCUT2D eigenvalue weighted by atomic mass is 16.6. The van der Waals surface area contributed by atoms with E-state index in [-0.39, 0.29) is 0 Å². The highest BCUT2D eigenvalue weighted by Gasteiger charge is 2.43. The van der Waals surface area contributed by atoms with Crippen LogP contribution in [0.4, 0.5) is 0 Å². The van der Waals surface area contributed by atoms with Crippen molar-refractivity contribution in [3.8, 4) is 0 Å². The topological polar surface area (TPSA) is 99.4 Å². The Morgan fingerprint density at radius 1 is 1.36 bits per heavy atom. The quantitative estimate of drug-likeness (QED) is 0.417. The Morgan fingerprint density at radius 2 is 2.00 bits per heavy atom. The molecule has 64 valence electrons. The molecule has 1 aliphatic heterocycles. The first-order valence-corrected chi connectivity index (χ1v) is 3.15. The number of hydrogen-bond acceptors (Lipinski definition) is 6. The van der Waals surface area contributed by atoms with Gasteiger partial charge in [-0.1, -0.05) is 0 Å². The molecular weight excluding hydrogens is 154 g/mol. The maximum atomic E-state index is 9.90. The summed E-state index contributed by atoms with van der Waals surface area (Å²) in [7, 11) is 0. The van der Waals surface area contributed by atoms with E-state index in [1.165, 1.54) is 0 Å². The van der Waals surface area contributed by atoms with Crippen LogP contribution in [0.5, 0.6) is 0 Å². The zero-order valence-electron chi connectivity index (χ0n) is 5.62. The van der Waals surface area contributed by atoms with Crippen molar-refractivity contribution in [2.24, 2.45) is 5.18 Å². The monoisotopic (exact) mass is 163 g/mol. The molecule has 3 N–H and O–H groups in total. The zero-order chi connectivity index (χ0) is 8.43. The highest BCUT2D eigenvalue weighted by Crippen LogP contribution is 2.21. The van der Waals surface area contributed by atoms with Crippen molar-refractivity contribution in [1.29, 1.82) is 0 Å². The van der Waals surface area contributed by atoms with Crippen molar-refractivity contribution in [2.75, 3.05) is 6.61 Å². The van der Waals surface area contributed by atoms with Gasteiger partial charge in [0.05, 0.1) is 6.61 Å². The van der Waals surface area contributed by atoms with Gasteiger partial charge >= 0.3 is 0 Å².